The molecule has 3 heteroatoms. The Kier molecular flexibility index (Phi) is 6.34. The molecule has 1 aromatic carbocycles. The Morgan fingerprint density at radius 1 is 1.30 bits per heavy atom. The quantitative estimate of drug-likeness (QED) is 0.776. The predicted octanol–water partition coefficient (Wildman–Crippen LogP) is 4.11. The van der Waals surface area contributed by atoms with Gasteiger partial charge in [0, 0.05) is 17.6 Å². The lowest BCUT2D eigenvalue weighted by Crippen LogP contribution is -2.32. The van der Waals surface area contributed by atoms with Gasteiger partial charge in [0.05, 0.1) is 0 Å². The highest BCUT2D eigenvalue weighted by molar-refractivity contribution is 6.30. The molecule has 1 aliphatic rings. The highest BCUT2D eigenvalue weighted by Gasteiger charge is 2.19. The van der Waals surface area contributed by atoms with Crippen LogP contribution in [0.15, 0.2) is 24.3 Å². The highest BCUT2D eigenvalue weighted by Crippen LogP contribution is 2.27. The molecular formula is C17H27ClN2. The Morgan fingerprint density at radius 3 is 2.55 bits per heavy atom. The van der Waals surface area contributed by atoms with Crippen molar-refractivity contribution in [2.24, 2.45) is 5.92 Å². The molecule has 2 rings (SSSR count). The number of rotatable bonds is 8. The van der Waals surface area contributed by atoms with Gasteiger partial charge in [-0.2, -0.15) is 0 Å². The third kappa shape index (κ3) is 4.76. The molecule has 0 saturated heterocycles. The molecule has 0 amide bonds. The first-order valence-electron chi connectivity index (χ1n) is 7.86. The minimum absolute atomic E-state index is 0.432. The van der Waals surface area contributed by atoms with E-state index in [-0.39, 0.29) is 0 Å². The molecule has 20 heavy (non-hydrogen) atoms. The highest BCUT2D eigenvalue weighted by atomic mass is 35.5. The molecular weight excluding hydrogens is 268 g/mol. The van der Waals surface area contributed by atoms with Crippen molar-refractivity contribution in [3.63, 3.8) is 0 Å². The number of nitrogens with zero attached hydrogens (tertiary/aromatic N) is 1. The summed E-state index contributed by atoms with van der Waals surface area (Å²) in [7, 11) is 2.25. The van der Waals surface area contributed by atoms with Gasteiger partial charge in [0.1, 0.15) is 0 Å². The number of halogens is 1. The molecule has 0 spiro atoms. The van der Waals surface area contributed by atoms with Crippen molar-refractivity contribution in [1.82, 2.24) is 10.2 Å². The van der Waals surface area contributed by atoms with E-state index in [9.17, 15) is 0 Å². The Hall–Kier alpha value is -0.570. The van der Waals surface area contributed by atoms with Crippen LogP contribution < -0.4 is 5.32 Å². The smallest absolute Gasteiger partial charge is 0.0406 e. The SMILES string of the molecule is CCNC(CCN(C)CC1CCC1)c1ccc(Cl)cc1. The van der Waals surface area contributed by atoms with Crippen molar-refractivity contribution in [3.05, 3.63) is 34.9 Å². The topological polar surface area (TPSA) is 15.3 Å². The molecule has 0 aliphatic heterocycles. The van der Waals surface area contributed by atoms with Gasteiger partial charge < -0.3 is 10.2 Å². The average molecular weight is 295 g/mol. The summed E-state index contributed by atoms with van der Waals surface area (Å²) in [5.41, 5.74) is 1.34. The van der Waals surface area contributed by atoms with E-state index in [2.05, 4.69) is 36.3 Å². The number of hydrogen-bond acceptors (Lipinski definition) is 2. The van der Waals surface area contributed by atoms with Crippen LogP contribution in [0.5, 0.6) is 0 Å². The normalized spacial score (nSPS) is 17.2. The van der Waals surface area contributed by atoms with Crippen LogP contribution in [0.1, 0.15) is 44.2 Å². The molecule has 112 valence electrons. The molecule has 1 saturated carbocycles. The zero-order valence-electron chi connectivity index (χ0n) is 12.7. The standard InChI is InChI=1S/C17H27ClN2/c1-3-19-17(15-7-9-16(18)10-8-15)11-12-20(2)13-14-5-4-6-14/h7-10,14,17,19H,3-6,11-13H2,1-2H3. The minimum Gasteiger partial charge on any atom is -0.310 e. The first-order chi connectivity index (χ1) is 9.69. The zero-order chi connectivity index (χ0) is 14.4. The van der Waals surface area contributed by atoms with Crippen LogP contribution >= 0.6 is 11.6 Å². The van der Waals surface area contributed by atoms with Crippen LogP contribution in [-0.2, 0) is 0 Å². The summed E-state index contributed by atoms with van der Waals surface area (Å²) in [5, 5.41) is 4.40. The molecule has 0 heterocycles. The van der Waals surface area contributed by atoms with E-state index in [1.54, 1.807) is 0 Å². The molecule has 1 fully saturated rings. The maximum absolute atomic E-state index is 5.97. The third-order valence-electron chi connectivity index (χ3n) is 4.32. The van der Waals surface area contributed by atoms with E-state index < -0.39 is 0 Å². The molecule has 1 atom stereocenters. The molecule has 0 radical (unpaired) electrons. The predicted molar refractivity (Wildman–Crippen MR) is 87.3 cm³/mol. The largest absolute Gasteiger partial charge is 0.310 e. The van der Waals surface area contributed by atoms with Crippen LogP contribution in [0, 0.1) is 5.92 Å². The second-order valence-electron chi connectivity index (χ2n) is 6.01. The van der Waals surface area contributed by atoms with E-state index in [1.165, 1.54) is 31.4 Å². The average Bonchev–Trinajstić information content (AvgIpc) is 2.40. The fourth-order valence-corrected chi connectivity index (χ4v) is 3.01. The molecule has 1 aliphatic carbocycles. The number of nitrogens with one attached hydrogen (secondary N) is 1. The lowest BCUT2D eigenvalue weighted by molar-refractivity contribution is 0.199. The molecule has 0 bridgehead atoms. The maximum Gasteiger partial charge on any atom is 0.0406 e. The van der Waals surface area contributed by atoms with Crippen molar-refractivity contribution < 1.29 is 0 Å². The van der Waals surface area contributed by atoms with Gasteiger partial charge in [-0.15, -0.1) is 0 Å². The molecule has 2 nitrogen and oxygen atoms in total. The Balaban J connectivity index is 1.83. The van der Waals surface area contributed by atoms with Gasteiger partial charge in [-0.25, -0.2) is 0 Å². The van der Waals surface area contributed by atoms with Gasteiger partial charge in [0.25, 0.3) is 0 Å². The van der Waals surface area contributed by atoms with Gasteiger partial charge in [0.2, 0.25) is 0 Å². The van der Waals surface area contributed by atoms with Crippen LogP contribution in [0.25, 0.3) is 0 Å². The maximum atomic E-state index is 5.97. The summed E-state index contributed by atoms with van der Waals surface area (Å²) >= 11 is 5.97. The fraction of sp³-hybridized carbons (Fsp3) is 0.647. The monoisotopic (exact) mass is 294 g/mol. The van der Waals surface area contributed by atoms with Crippen molar-refractivity contribution >= 4 is 11.6 Å². The second kappa shape index (κ2) is 8.02. The number of benzene rings is 1. The zero-order valence-corrected chi connectivity index (χ0v) is 13.5. The minimum atomic E-state index is 0.432. The van der Waals surface area contributed by atoms with E-state index in [1.807, 2.05) is 12.1 Å². The number of hydrogen-bond donors (Lipinski definition) is 1. The van der Waals surface area contributed by atoms with E-state index >= 15 is 0 Å². The van der Waals surface area contributed by atoms with Crippen LogP contribution in [0.3, 0.4) is 0 Å². The van der Waals surface area contributed by atoms with Crippen molar-refractivity contribution in [3.8, 4) is 0 Å². The summed E-state index contributed by atoms with van der Waals surface area (Å²) < 4.78 is 0. The molecule has 1 N–H and O–H groups in total. The summed E-state index contributed by atoms with van der Waals surface area (Å²) in [5.74, 6) is 0.952. The van der Waals surface area contributed by atoms with Gasteiger partial charge in [-0.1, -0.05) is 37.1 Å². The van der Waals surface area contributed by atoms with Crippen LogP contribution in [0.2, 0.25) is 5.02 Å². The van der Waals surface area contributed by atoms with Crippen LogP contribution in [-0.4, -0.2) is 31.6 Å². The summed E-state index contributed by atoms with van der Waals surface area (Å²) in [6, 6.07) is 8.68. The Bertz CT molecular complexity index is 386. The first-order valence-corrected chi connectivity index (χ1v) is 8.24. The molecule has 0 aromatic heterocycles. The lowest BCUT2D eigenvalue weighted by atomic mass is 9.85. The second-order valence-corrected chi connectivity index (χ2v) is 6.45. The lowest BCUT2D eigenvalue weighted by Gasteiger charge is -2.31. The van der Waals surface area contributed by atoms with Gasteiger partial charge in [-0.3, -0.25) is 0 Å². The molecule has 1 unspecified atom stereocenters. The summed E-state index contributed by atoms with van der Waals surface area (Å²) in [6.45, 7) is 5.58. The summed E-state index contributed by atoms with van der Waals surface area (Å²) in [6.07, 6.45) is 5.44. The molecule has 1 aromatic rings. The fourth-order valence-electron chi connectivity index (χ4n) is 2.88. The van der Waals surface area contributed by atoms with Gasteiger partial charge >= 0.3 is 0 Å². The first kappa shape index (κ1) is 15.8. The van der Waals surface area contributed by atoms with Crippen LogP contribution in [0.4, 0.5) is 0 Å². The third-order valence-corrected chi connectivity index (χ3v) is 4.57. The Morgan fingerprint density at radius 2 is 2.00 bits per heavy atom. The van der Waals surface area contributed by atoms with E-state index in [4.69, 9.17) is 11.6 Å². The van der Waals surface area contributed by atoms with E-state index in [0.29, 0.717) is 6.04 Å². The van der Waals surface area contributed by atoms with Crippen molar-refractivity contribution in [2.45, 2.75) is 38.6 Å². The van der Waals surface area contributed by atoms with Crippen molar-refractivity contribution in [2.75, 3.05) is 26.7 Å². The Labute approximate surface area is 128 Å². The van der Waals surface area contributed by atoms with Crippen molar-refractivity contribution in [1.29, 1.82) is 0 Å². The van der Waals surface area contributed by atoms with Gasteiger partial charge in [0.15, 0.2) is 0 Å². The summed E-state index contributed by atoms with van der Waals surface area (Å²) in [4.78, 5) is 2.49. The van der Waals surface area contributed by atoms with Gasteiger partial charge in [-0.05, 0) is 63.0 Å². The van der Waals surface area contributed by atoms with E-state index in [0.717, 1.165) is 30.5 Å².